The van der Waals surface area contributed by atoms with Gasteiger partial charge in [0.15, 0.2) is 0 Å². The van der Waals surface area contributed by atoms with E-state index in [1.807, 2.05) is 24.3 Å². The monoisotopic (exact) mass is 192 g/mol. The van der Waals surface area contributed by atoms with E-state index in [4.69, 9.17) is 0 Å². The fourth-order valence-corrected chi connectivity index (χ4v) is 1.23. The van der Waals surface area contributed by atoms with Gasteiger partial charge in [0, 0.05) is 5.69 Å². The van der Waals surface area contributed by atoms with Crippen LogP contribution in [0.15, 0.2) is 24.3 Å². The first-order chi connectivity index (χ1) is 6.76. The Kier molecular flexibility index (Phi) is 4.13. The van der Waals surface area contributed by atoms with E-state index in [9.17, 15) is 4.79 Å². The first-order valence-electron chi connectivity index (χ1n) is 4.79. The highest BCUT2D eigenvalue weighted by Crippen LogP contribution is 2.10. The molecule has 0 fully saturated rings. The molecular weight excluding hydrogens is 176 g/mol. The van der Waals surface area contributed by atoms with Gasteiger partial charge in [-0.05, 0) is 31.2 Å². The molecule has 3 nitrogen and oxygen atoms in total. The van der Waals surface area contributed by atoms with Crippen molar-refractivity contribution in [2.45, 2.75) is 13.3 Å². The van der Waals surface area contributed by atoms with Gasteiger partial charge in [-0.3, -0.25) is 4.79 Å². The highest BCUT2D eigenvalue weighted by Gasteiger charge is 2.00. The molecule has 0 bridgehead atoms. The van der Waals surface area contributed by atoms with Gasteiger partial charge in [0.25, 0.3) is 0 Å². The SMILES string of the molecule is CCc1cccc(NC(=O)CNC)c1. The maximum absolute atomic E-state index is 11.2. The van der Waals surface area contributed by atoms with Crippen LogP contribution in [0.2, 0.25) is 0 Å². The molecule has 0 aliphatic heterocycles. The standard InChI is InChI=1S/C11H16N2O/c1-3-9-5-4-6-10(7-9)13-11(14)8-12-2/h4-7,12H,3,8H2,1-2H3,(H,13,14). The van der Waals surface area contributed by atoms with Crippen LogP contribution >= 0.6 is 0 Å². The summed E-state index contributed by atoms with van der Waals surface area (Å²) in [6.07, 6.45) is 0.982. The molecule has 76 valence electrons. The van der Waals surface area contributed by atoms with E-state index in [0.29, 0.717) is 6.54 Å². The molecule has 0 saturated heterocycles. The molecule has 14 heavy (non-hydrogen) atoms. The third kappa shape index (κ3) is 3.18. The quantitative estimate of drug-likeness (QED) is 0.757. The average Bonchev–Trinajstić information content (AvgIpc) is 2.18. The van der Waals surface area contributed by atoms with Gasteiger partial charge in [-0.15, -0.1) is 0 Å². The molecule has 3 heteroatoms. The first-order valence-corrected chi connectivity index (χ1v) is 4.79. The lowest BCUT2D eigenvalue weighted by molar-refractivity contribution is -0.115. The second kappa shape index (κ2) is 5.40. The molecule has 0 spiro atoms. The summed E-state index contributed by atoms with van der Waals surface area (Å²) in [5.41, 5.74) is 2.09. The van der Waals surface area contributed by atoms with Crippen molar-refractivity contribution in [3.05, 3.63) is 29.8 Å². The van der Waals surface area contributed by atoms with E-state index in [1.54, 1.807) is 7.05 Å². The fraction of sp³-hybridized carbons (Fsp3) is 0.364. The molecule has 1 amide bonds. The summed E-state index contributed by atoms with van der Waals surface area (Å²) >= 11 is 0. The fourth-order valence-electron chi connectivity index (χ4n) is 1.23. The predicted octanol–water partition coefficient (Wildman–Crippen LogP) is 1.41. The van der Waals surface area contributed by atoms with E-state index in [-0.39, 0.29) is 5.91 Å². The maximum atomic E-state index is 11.2. The number of rotatable bonds is 4. The molecular formula is C11H16N2O. The number of anilines is 1. The number of hydrogen-bond acceptors (Lipinski definition) is 2. The Morgan fingerprint density at radius 3 is 2.86 bits per heavy atom. The smallest absolute Gasteiger partial charge is 0.238 e. The number of hydrogen-bond donors (Lipinski definition) is 2. The molecule has 0 saturated carbocycles. The second-order valence-corrected chi connectivity index (χ2v) is 3.13. The summed E-state index contributed by atoms with van der Waals surface area (Å²) in [5, 5.41) is 5.62. The van der Waals surface area contributed by atoms with Crippen molar-refractivity contribution in [2.75, 3.05) is 18.9 Å². The van der Waals surface area contributed by atoms with Crippen LogP contribution in [0.1, 0.15) is 12.5 Å². The first kappa shape index (κ1) is 10.7. The topological polar surface area (TPSA) is 41.1 Å². The van der Waals surface area contributed by atoms with Gasteiger partial charge in [0.1, 0.15) is 0 Å². The number of benzene rings is 1. The van der Waals surface area contributed by atoms with Crippen LogP contribution in [0.25, 0.3) is 0 Å². The summed E-state index contributed by atoms with van der Waals surface area (Å²) in [6.45, 7) is 2.44. The van der Waals surface area contributed by atoms with Crippen LogP contribution in [0, 0.1) is 0 Å². The van der Waals surface area contributed by atoms with Crippen molar-refractivity contribution in [1.29, 1.82) is 0 Å². The van der Waals surface area contributed by atoms with E-state index in [2.05, 4.69) is 17.6 Å². The summed E-state index contributed by atoms with van der Waals surface area (Å²) in [6, 6.07) is 7.89. The molecule has 0 atom stereocenters. The lowest BCUT2D eigenvalue weighted by Gasteiger charge is -2.05. The zero-order valence-corrected chi connectivity index (χ0v) is 8.63. The lowest BCUT2D eigenvalue weighted by atomic mass is 10.1. The Bertz CT molecular complexity index is 310. The van der Waals surface area contributed by atoms with E-state index < -0.39 is 0 Å². The van der Waals surface area contributed by atoms with Crippen LogP contribution in [-0.2, 0) is 11.2 Å². The van der Waals surface area contributed by atoms with Crippen molar-refractivity contribution in [1.82, 2.24) is 5.32 Å². The van der Waals surface area contributed by atoms with Gasteiger partial charge >= 0.3 is 0 Å². The van der Waals surface area contributed by atoms with Gasteiger partial charge in [0.05, 0.1) is 6.54 Å². The van der Waals surface area contributed by atoms with Crippen molar-refractivity contribution in [2.24, 2.45) is 0 Å². The Morgan fingerprint density at radius 1 is 1.43 bits per heavy atom. The van der Waals surface area contributed by atoms with Gasteiger partial charge in [-0.25, -0.2) is 0 Å². The van der Waals surface area contributed by atoms with Gasteiger partial charge < -0.3 is 10.6 Å². The number of carbonyl (C=O) groups is 1. The zero-order chi connectivity index (χ0) is 10.4. The van der Waals surface area contributed by atoms with E-state index in [0.717, 1.165) is 12.1 Å². The highest BCUT2D eigenvalue weighted by atomic mass is 16.1. The molecule has 1 rings (SSSR count). The van der Waals surface area contributed by atoms with Crippen molar-refractivity contribution in [3.63, 3.8) is 0 Å². The molecule has 0 aliphatic rings. The van der Waals surface area contributed by atoms with Crippen LogP contribution in [0.5, 0.6) is 0 Å². The summed E-state index contributed by atoms with van der Waals surface area (Å²) < 4.78 is 0. The zero-order valence-electron chi connectivity index (χ0n) is 8.63. The lowest BCUT2D eigenvalue weighted by Crippen LogP contribution is -2.25. The molecule has 0 heterocycles. The number of carbonyl (C=O) groups excluding carboxylic acids is 1. The molecule has 1 aromatic carbocycles. The molecule has 0 radical (unpaired) electrons. The number of amides is 1. The third-order valence-corrected chi connectivity index (χ3v) is 1.96. The Labute approximate surface area is 84.5 Å². The highest BCUT2D eigenvalue weighted by molar-refractivity contribution is 5.92. The summed E-state index contributed by atoms with van der Waals surface area (Å²) in [7, 11) is 1.75. The van der Waals surface area contributed by atoms with Gasteiger partial charge in [-0.1, -0.05) is 19.1 Å². The summed E-state index contributed by atoms with van der Waals surface area (Å²) in [4.78, 5) is 11.2. The molecule has 2 N–H and O–H groups in total. The minimum absolute atomic E-state index is 0.0132. The van der Waals surface area contributed by atoms with E-state index >= 15 is 0 Å². The molecule has 0 unspecified atom stereocenters. The number of aryl methyl sites for hydroxylation is 1. The van der Waals surface area contributed by atoms with Crippen LogP contribution in [-0.4, -0.2) is 19.5 Å². The minimum Gasteiger partial charge on any atom is -0.325 e. The number of nitrogens with one attached hydrogen (secondary N) is 2. The third-order valence-electron chi connectivity index (χ3n) is 1.96. The van der Waals surface area contributed by atoms with Crippen LogP contribution in [0.3, 0.4) is 0 Å². The maximum Gasteiger partial charge on any atom is 0.238 e. The molecule has 0 aromatic heterocycles. The van der Waals surface area contributed by atoms with Crippen molar-refractivity contribution < 1.29 is 4.79 Å². The van der Waals surface area contributed by atoms with Crippen LogP contribution in [0.4, 0.5) is 5.69 Å². The van der Waals surface area contributed by atoms with E-state index in [1.165, 1.54) is 5.56 Å². The second-order valence-electron chi connectivity index (χ2n) is 3.13. The predicted molar refractivity (Wildman–Crippen MR) is 58.4 cm³/mol. The number of likely N-dealkylation sites (N-methyl/N-ethyl adjacent to an activating group) is 1. The van der Waals surface area contributed by atoms with Crippen LogP contribution < -0.4 is 10.6 Å². The molecule has 1 aromatic rings. The van der Waals surface area contributed by atoms with Crippen molar-refractivity contribution in [3.8, 4) is 0 Å². The largest absolute Gasteiger partial charge is 0.325 e. The Hall–Kier alpha value is -1.35. The van der Waals surface area contributed by atoms with Crippen molar-refractivity contribution >= 4 is 11.6 Å². The Balaban J connectivity index is 2.62. The Morgan fingerprint density at radius 2 is 2.21 bits per heavy atom. The van der Waals surface area contributed by atoms with Gasteiger partial charge in [0.2, 0.25) is 5.91 Å². The average molecular weight is 192 g/mol. The van der Waals surface area contributed by atoms with Gasteiger partial charge in [-0.2, -0.15) is 0 Å². The normalized spacial score (nSPS) is 9.86. The molecule has 0 aliphatic carbocycles. The minimum atomic E-state index is -0.0132. The summed E-state index contributed by atoms with van der Waals surface area (Å²) in [5.74, 6) is -0.0132.